The molecule has 0 unspecified atom stereocenters. The van der Waals surface area contributed by atoms with Gasteiger partial charge in [0.25, 0.3) is 5.91 Å². The number of benzene rings is 2. The highest BCUT2D eigenvalue weighted by atomic mass is 16.5. The first kappa shape index (κ1) is 18.7. The number of anilines is 1. The van der Waals surface area contributed by atoms with Crippen molar-refractivity contribution < 1.29 is 14.3 Å². The van der Waals surface area contributed by atoms with Gasteiger partial charge in [-0.25, -0.2) is 0 Å². The Kier molecular flexibility index (Phi) is 6.34. The zero-order valence-electron chi connectivity index (χ0n) is 15.3. The number of carbonyl (C=O) groups excluding carboxylic acids is 2. The molecule has 4 nitrogen and oxygen atoms in total. The average molecular weight is 339 g/mol. The van der Waals surface area contributed by atoms with E-state index in [1.165, 1.54) is 5.56 Å². The molecule has 0 saturated heterocycles. The van der Waals surface area contributed by atoms with Crippen LogP contribution in [0.3, 0.4) is 0 Å². The van der Waals surface area contributed by atoms with Crippen LogP contribution in [0.4, 0.5) is 5.69 Å². The van der Waals surface area contributed by atoms with E-state index in [9.17, 15) is 9.59 Å². The lowest BCUT2D eigenvalue weighted by atomic mass is 10.0. The second-order valence-corrected chi connectivity index (χ2v) is 6.27. The molecule has 132 valence electrons. The number of esters is 1. The van der Waals surface area contributed by atoms with E-state index in [0.717, 1.165) is 34.4 Å². The van der Waals surface area contributed by atoms with Crippen molar-refractivity contribution in [2.24, 2.45) is 0 Å². The highest BCUT2D eigenvalue weighted by Gasteiger charge is 2.12. The van der Waals surface area contributed by atoms with E-state index in [1.54, 1.807) is 0 Å². The van der Waals surface area contributed by atoms with Gasteiger partial charge >= 0.3 is 5.97 Å². The van der Waals surface area contributed by atoms with E-state index in [4.69, 9.17) is 4.74 Å². The molecule has 2 rings (SSSR count). The first-order valence-corrected chi connectivity index (χ1v) is 8.50. The molecular formula is C21H25NO3. The van der Waals surface area contributed by atoms with Crippen LogP contribution in [-0.2, 0) is 27.2 Å². The third-order valence-electron chi connectivity index (χ3n) is 4.29. The predicted octanol–water partition coefficient (Wildman–Crippen LogP) is 3.90. The first-order chi connectivity index (χ1) is 11.9. The summed E-state index contributed by atoms with van der Waals surface area (Å²) in [4.78, 5) is 24.1. The molecule has 0 aliphatic carbocycles. The number of ether oxygens (including phenoxy) is 1. The molecule has 2 aromatic rings. The predicted molar refractivity (Wildman–Crippen MR) is 99.8 cm³/mol. The van der Waals surface area contributed by atoms with Crippen molar-refractivity contribution in [3.8, 4) is 0 Å². The normalized spacial score (nSPS) is 10.4. The molecule has 25 heavy (non-hydrogen) atoms. The van der Waals surface area contributed by atoms with Gasteiger partial charge in [0.05, 0.1) is 6.42 Å². The van der Waals surface area contributed by atoms with Gasteiger partial charge in [0.2, 0.25) is 0 Å². The molecule has 0 radical (unpaired) electrons. The van der Waals surface area contributed by atoms with Crippen molar-refractivity contribution in [3.63, 3.8) is 0 Å². The van der Waals surface area contributed by atoms with Crippen molar-refractivity contribution in [2.45, 2.75) is 40.5 Å². The molecule has 0 fully saturated rings. The Balaban J connectivity index is 1.89. The van der Waals surface area contributed by atoms with Crippen molar-refractivity contribution >= 4 is 17.6 Å². The van der Waals surface area contributed by atoms with Crippen molar-refractivity contribution in [1.29, 1.82) is 0 Å². The van der Waals surface area contributed by atoms with E-state index in [0.29, 0.717) is 0 Å². The summed E-state index contributed by atoms with van der Waals surface area (Å²) in [7, 11) is 0. The van der Waals surface area contributed by atoms with Crippen molar-refractivity contribution in [2.75, 3.05) is 11.9 Å². The van der Waals surface area contributed by atoms with Crippen LogP contribution >= 0.6 is 0 Å². The highest BCUT2D eigenvalue weighted by Crippen LogP contribution is 2.20. The maximum atomic E-state index is 12.1. The van der Waals surface area contributed by atoms with Gasteiger partial charge in [0.1, 0.15) is 0 Å². The van der Waals surface area contributed by atoms with Crippen LogP contribution in [0.1, 0.15) is 34.7 Å². The molecule has 0 aliphatic rings. The number of hydrogen-bond donors (Lipinski definition) is 1. The Hall–Kier alpha value is -2.62. The molecular weight excluding hydrogens is 314 g/mol. The molecule has 4 heteroatoms. The zero-order valence-corrected chi connectivity index (χ0v) is 15.3. The fourth-order valence-corrected chi connectivity index (χ4v) is 2.65. The van der Waals surface area contributed by atoms with Gasteiger partial charge < -0.3 is 10.1 Å². The second kappa shape index (κ2) is 8.47. The van der Waals surface area contributed by atoms with Gasteiger partial charge in [-0.1, -0.05) is 43.3 Å². The smallest absolute Gasteiger partial charge is 0.310 e. The van der Waals surface area contributed by atoms with Crippen LogP contribution in [0.15, 0.2) is 36.4 Å². The van der Waals surface area contributed by atoms with E-state index in [-0.39, 0.29) is 18.9 Å². The fourth-order valence-electron chi connectivity index (χ4n) is 2.65. The maximum absolute atomic E-state index is 12.1. The molecule has 0 bridgehead atoms. The molecule has 0 saturated carbocycles. The Morgan fingerprint density at radius 3 is 2.44 bits per heavy atom. The zero-order chi connectivity index (χ0) is 18.4. The number of carbonyl (C=O) groups is 2. The van der Waals surface area contributed by atoms with Crippen LogP contribution in [-0.4, -0.2) is 18.5 Å². The molecule has 2 aromatic carbocycles. The Morgan fingerprint density at radius 2 is 1.76 bits per heavy atom. The monoisotopic (exact) mass is 339 g/mol. The molecule has 0 aromatic heterocycles. The fraction of sp³-hybridized carbons (Fsp3) is 0.333. The van der Waals surface area contributed by atoms with Crippen LogP contribution in [0.25, 0.3) is 0 Å². The summed E-state index contributed by atoms with van der Waals surface area (Å²) < 4.78 is 5.11. The Morgan fingerprint density at radius 1 is 1.00 bits per heavy atom. The van der Waals surface area contributed by atoms with Crippen LogP contribution < -0.4 is 5.32 Å². The number of amides is 1. The first-order valence-electron chi connectivity index (χ1n) is 8.50. The minimum absolute atomic E-state index is 0.166. The number of para-hydroxylation sites is 1. The quantitative estimate of drug-likeness (QED) is 0.812. The topological polar surface area (TPSA) is 55.4 Å². The summed E-state index contributed by atoms with van der Waals surface area (Å²) in [6.07, 6.45) is 0.989. The van der Waals surface area contributed by atoms with Crippen molar-refractivity contribution in [3.05, 3.63) is 64.2 Å². The van der Waals surface area contributed by atoms with Gasteiger partial charge in [0.15, 0.2) is 6.61 Å². The lowest BCUT2D eigenvalue weighted by Gasteiger charge is -2.13. The summed E-state index contributed by atoms with van der Waals surface area (Å²) in [5.74, 6) is -0.726. The largest absolute Gasteiger partial charge is 0.455 e. The molecule has 0 aliphatic heterocycles. The van der Waals surface area contributed by atoms with E-state index < -0.39 is 5.97 Å². The lowest BCUT2D eigenvalue weighted by molar-refractivity contribution is -0.146. The van der Waals surface area contributed by atoms with Gasteiger partial charge in [-0.05, 0) is 55.0 Å². The van der Waals surface area contributed by atoms with E-state index in [2.05, 4.69) is 5.32 Å². The van der Waals surface area contributed by atoms with Gasteiger partial charge in [-0.2, -0.15) is 0 Å². The summed E-state index contributed by atoms with van der Waals surface area (Å²) in [6.45, 7) is 7.73. The summed E-state index contributed by atoms with van der Waals surface area (Å²) in [6, 6.07) is 11.7. The average Bonchev–Trinajstić information content (AvgIpc) is 2.58. The minimum atomic E-state index is -0.404. The van der Waals surface area contributed by atoms with Gasteiger partial charge in [-0.3, -0.25) is 9.59 Å². The summed E-state index contributed by atoms with van der Waals surface area (Å²) >= 11 is 0. The maximum Gasteiger partial charge on any atom is 0.310 e. The summed E-state index contributed by atoms with van der Waals surface area (Å²) in [5, 5.41) is 2.85. The number of rotatable bonds is 6. The second-order valence-electron chi connectivity index (χ2n) is 6.27. The molecule has 1 amide bonds. The van der Waals surface area contributed by atoms with Gasteiger partial charge in [0, 0.05) is 5.69 Å². The number of hydrogen-bond acceptors (Lipinski definition) is 3. The molecule has 1 N–H and O–H groups in total. The lowest BCUT2D eigenvalue weighted by Crippen LogP contribution is -2.22. The number of nitrogens with one attached hydrogen (secondary N) is 1. The number of aryl methyl sites for hydroxylation is 4. The standard InChI is InChI=1S/C21H25NO3/c1-5-18-8-6-7-15(3)21(18)22-19(23)13-25-20(24)12-17-10-9-14(2)16(4)11-17/h6-11H,5,12-13H2,1-4H3,(H,22,23). The molecule has 0 heterocycles. The van der Waals surface area contributed by atoms with E-state index in [1.807, 2.05) is 64.1 Å². The van der Waals surface area contributed by atoms with Crippen LogP contribution in [0.5, 0.6) is 0 Å². The Bertz CT molecular complexity index is 781. The SMILES string of the molecule is CCc1cccc(C)c1NC(=O)COC(=O)Cc1ccc(C)c(C)c1. The third-order valence-corrected chi connectivity index (χ3v) is 4.29. The molecule has 0 spiro atoms. The Labute approximate surface area is 149 Å². The van der Waals surface area contributed by atoms with Gasteiger partial charge in [-0.15, -0.1) is 0 Å². The summed E-state index contributed by atoms with van der Waals surface area (Å²) in [5.41, 5.74) is 6.07. The van der Waals surface area contributed by atoms with Crippen LogP contribution in [0, 0.1) is 20.8 Å². The van der Waals surface area contributed by atoms with Crippen LogP contribution in [0.2, 0.25) is 0 Å². The van der Waals surface area contributed by atoms with E-state index >= 15 is 0 Å². The minimum Gasteiger partial charge on any atom is -0.455 e. The molecule has 0 atom stereocenters. The van der Waals surface area contributed by atoms with Crippen molar-refractivity contribution in [1.82, 2.24) is 0 Å². The third kappa shape index (κ3) is 5.18. The highest BCUT2D eigenvalue weighted by molar-refractivity contribution is 5.94.